The molecule has 3 rings (SSSR count). The fraction of sp³-hybridized carbons (Fsp3) is 0.348. The lowest BCUT2D eigenvalue weighted by atomic mass is 10.1. The number of carbonyl (C=O) groups is 1. The highest BCUT2D eigenvalue weighted by Gasteiger charge is 2.15. The maximum absolute atomic E-state index is 12.3. The molecule has 6 nitrogen and oxygen atoms in total. The Morgan fingerprint density at radius 2 is 2.00 bits per heavy atom. The highest BCUT2D eigenvalue weighted by Crippen LogP contribution is 2.25. The van der Waals surface area contributed by atoms with Crippen LogP contribution in [0.15, 0.2) is 53.7 Å². The summed E-state index contributed by atoms with van der Waals surface area (Å²) in [7, 11) is 1.66. The summed E-state index contributed by atoms with van der Waals surface area (Å²) in [6, 6.07) is 16.1. The standard InChI is InChI=1S/C23H28N4O2S/c1-4-14-27-22(19-10-7-8-17(2)15-19)25-26-23(27)30-16-21(28)24-13-12-18-9-5-6-11-20(18)29-3/h5-11,15H,4,12-14,16H2,1-3H3,(H,24,28). The van der Waals surface area contributed by atoms with Crippen LogP contribution in [-0.2, 0) is 17.8 Å². The number of carbonyl (C=O) groups excluding carboxylic acids is 1. The van der Waals surface area contributed by atoms with E-state index in [1.165, 1.54) is 17.3 Å². The van der Waals surface area contributed by atoms with E-state index in [0.29, 0.717) is 12.3 Å². The van der Waals surface area contributed by atoms with Crippen LogP contribution >= 0.6 is 11.8 Å². The topological polar surface area (TPSA) is 69.0 Å². The number of nitrogens with one attached hydrogen (secondary N) is 1. The highest BCUT2D eigenvalue weighted by molar-refractivity contribution is 7.99. The lowest BCUT2D eigenvalue weighted by Gasteiger charge is -2.10. The number of amides is 1. The van der Waals surface area contributed by atoms with Crippen LogP contribution in [0, 0.1) is 6.92 Å². The van der Waals surface area contributed by atoms with Crippen LogP contribution in [0.5, 0.6) is 5.75 Å². The van der Waals surface area contributed by atoms with Gasteiger partial charge < -0.3 is 14.6 Å². The number of aryl methyl sites for hydroxylation is 1. The van der Waals surface area contributed by atoms with Gasteiger partial charge in [0.2, 0.25) is 5.91 Å². The molecule has 1 heterocycles. The Morgan fingerprint density at radius 1 is 1.17 bits per heavy atom. The molecule has 30 heavy (non-hydrogen) atoms. The van der Waals surface area contributed by atoms with Crippen LogP contribution in [0.4, 0.5) is 0 Å². The summed E-state index contributed by atoms with van der Waals surface area (Å²) in [5.74, 6) is 1.98. The van der Waals surface area contributed by atoms with Crippen LogP contribution in [-0.4, -0.2) is 40.1 Å². The first-order chi connectivity index (χ1) is 14.6. The molecule has 0 atom stereocenters. The Labute approximate surface area is 182 Å². The molecule has 0 aliphatic heterocycles. The van der Waals surface area contributed by atoms with Crippen LogP contribution in [0.3, 0.4) is 0 Å². The number of thioether (sulfide) groups is 1. The first-order valence-corrected chi connectivity index (χ1v) is 11.1. The number of para-hydroxylation sites is 1. The summed E-state index contributed by atoms with van der Waals surface area (Å²) in [5.41, 5.74) is 3.31. The van der Waals surface area contributed by atoms with Crippen molar-refractivity contribution in [2.24, 2.45) is 0 Å². The van der Waals surface area contributed by atoms with Crippen molar-refractivity contribution in [3.8, 4) is 17.1 Å². The summed E-state index contributed by atoms with van der Waals surface area (Å²) in [5, 5.41) is 12.5. The summed E-state index contributed by atoms with van der Waals surface area (Å²) in [4.78, 5) is 12.3. The Morgan fingerprint density at radius 3 is 2.77 bits per heavy atom. The first-order valence-electron chi connectivity index (χ1n) is 10.1. The van der Waals surface area contributed by atoms with E-state index in [0.717, 1.165) is 47.2 Å². The second kappa shape index (κ2) is 10.8. The van der Waals surface area contributed by atoms with Gasteiger partial charge in [0.15, 0.2) is 11.0 Å². The number of methoxy groups -OCH3 is 1. The third-order valence-electron chi connectivity index (χ3n) is 4.68. The highest BCUT2D eigenvalue weighted by atomic mass is 32.2. The molecule has 0 aliphatic rings. The number of aromatic nitrogens is 3. The smallest absolute Gasteiger partial charge is 0.230 e. The quantitative estimate of drug-likeness (QED) is 0.496. The molecule has 0 saturated heterocycles. The number of nitrogens with zero attached hydrogens (tertiary/aromatic N) is 3. The zero-order chi connectivity index (χ0) is 21.3. The minimum Gasteiger partial charge on any atom is -0.496 e. The monoisotopic (exact) mass is 424 g/mol. The van der Waals surface area contributed by atoms with Gasteiger partial charge in [-0.25, -0.2) is 0 Å². The second-order valence-corrected chi connectivity index (χ2v) is 7.97. The average Bonchev–Trinajstić information content (AvgIpc) is 3.15. The molecular weight excluding hydrogens is 396 g/mol. The Hall–Kier alpha value is -2.80. The van der Waals surface area contributed by atoms with Gasteiger partial charge in [-0.05, 0) is 37.5 Å². The number of ether oxygens (including phenoxy) is 1. The maximum Gasteiger partial charge on any atom is 0.230 e. The molecule has 7 heteroatoms. The number of benzene rings is 2. The molecule has 0 unspecified atom stereocenters. The summed E-state index contributed by atoms with van der Waals surface area (Å²) in [6.07, 6.45) is 1.69. The fourth-order valence-corrected chi connectivity index (χ4v) is 4.04. The molecule has 0 bridgehead atoms. The van der Waals surface area contributed by atoms with Gasteiger partial charge in [-0.15, -0.1) is 10.2 Å². The Kier molecular flexibility index (Phi) is 7.90. The zero-order valence-electron chi connectivity index (χ0n) is 17.7. The SMILES string of the molecule is CCCn1c(SCC(=O)NCCc2ccccc2OC)nnc1-c1cccc(C)c1. The molecule has 1 amide bonds. The minimum absolute atomic E-state index is 0.0157. The average molecular weight is 425 g/mol. The predicted molar refractivity (Wildman–Crippen MR) is 121 cm³/mol. The third-order valence-corrected chi connectivity index (χ3v) is 5.65. The van der Waals surface area contributed by atoms with Gasteiger partial charge in [0.25, 0.3) is 0 Å². The van der Waals surface area contributed by atoms with Crippen molar-refractivity contribution in [3.05, 3.63) is 59.7 Å². The molecule has 3 aromatic rings. The van der Waals surface area contributed by atoms with E-state index in [9.17, 15) is 4.79 Å². The molecular formula is C23H28N4O2S. The number of hydrogen-bond acceptors (Lipinski definition) is 5. The van der Waals surface area contributed by atoms with Crippen LogP contribution in [0.25, 0.3) is 11.4 Å². The lowest BCUT2D eigenvalue weighted by molar-refractivity contribution is -0.118. The molecule has 0 aliphatic carbocycles. The van der Waals surface area contributed by atoms with E-state index in [2.05, 4.69) is 46.1 Å². The van der Waals surface area contributed by atoms with Crippen molar-refractivity contribution < 1.29 is 9.53 Å². The number of rotatable bonds is 10. The molecule has 158 valence electrons. The third kappa shape index (κ3) is 5.63. The summed E-state index contributed by atoms with van der Waals surface area (Å²) < 4.78 is 7.45. The summed E-state index contributed by atoms with van der Waals surface area (Å²) >= 11 is 1.42. The normalized spacial score (nSPS) is 10.8. The van der Waals surface area contributed by atoms with Crippen LogP contribution in [0.2, 0.25) is 0 Å². The largest absolute Gasteiger partial charge is 0.496 e. The van der Waals surface area contributed by atoms with Gasteiger partial charge in [0, 0.05) is 18.7 Å². The molecule has 0 spiro atoms. The van der Waals surface area contributed by atoms with Crippen molar-refractivity contribution in [1.29, 1.82) is 0 Å². The van der Waals surface area contributed by atoms with E-state index in [4.69, 9.17) is 4.74 Å². The summed E-state index contributed by atoms with van der Waals surface area (Å²) in [6.45, 7) is 5.57. The van der Waals surface area contributed by atoms with E-state index < -0.39 is 0 Å². The Balaban J connectivity index is 1.58. The van der Waals surface area contributed by atoms with Gasteiger partial charge in [-0.1, -0.05) is 60.6 Å². The van der Waals surface area contributed by atoms with Crippen LogP contribution < -0.4 is 10.1 Å². The van der Waals surface area contributed by atoms with E-state index >= 15 is 0 Å². The van der Waals surface area contributed by atoms with Gasteiger partial charge >= 0.3 is 0 Å². The van der Waals surface area contributed by atoms with Crippen molar-refractivity contribution in [3.63, 3.8) is 0 Å². The molecule has 2 aromatic carbocycles. The predicted octanol–water partition coefficient (Wildman–Crippen LogP) is 4.12. The Bertz CT molecular complexity index is 987. The zero-order valence-corrected chi connectivity index (χ0v) is 18.5. The minimum atomic E-state index is -0.0157. The van der Waals surface area contributed by atoms with Gasteiger partial charge in [-0.3, -0.25) is 4.79 Å². The lowest BCUT2D eigenvalue weighted by Crippen LogP contribution is -2.27. The molecule has 1 N–H and O–H groups in total. The molecule has 0 saturated carbocycles. The van der Waals surface area contributed by atoms with Gasteiger partial charge in [0.1, 0.15) is 5.75 Å². The van der Waals surface area contributed by atoms with Crippen molar-refractivity contribution in [2.75, 3.05) is 19.4 Å². The van der Waals surface area contributed by atoms with Crippen molar-refractivity contribution in [1.82, 2.24) is 20.1 Å². The van der Waals surface area contributed by atoms with Gasteiger partial charge in [0.05, 0.1) is 12.9 Å². The van der Waals surface area contributed by atoms with Crippen molar-refractivity contribution >= 4 is 17.7 Å². The first kappa shape index (κ1) is 21.9. The van der Waals surface area contributed by atoms with E-state index in [1.54, 1.807) is 7.11 Å². The fourth-order valence-electron chi connectivity index (χ4n) is 3.25. The van der Waals surface area contributed by atoms with Crippen molar-refractivity contribution in [2.45, 2.75) is 38.4 Å². The maximum atomic E-state index is 12.3. The van der Waals surface area contributed by atoms with Crippen LogP contribution in [0.1, 0.15) is 24.5 Å². The van der Waals surface area contributed by atoms with E-state index in [-0.39, 0.29) is 5.91 Å². The van der Waals surface area contributed by atoms with E-state index in [1.807, 2.05) is 36.4 Å². The molecule has 1 aromatic heterocycles. The molecule has 0 radical (unpaired) electrons. The van der Waals surface area contributed by atoms with Gasteiger partial charge in [-0.2, -0.15) is 0 Å². The molecule has 0 fully saturated rings. The number of hydrogen-bond donors (Lipinski definition) is 1. The second-order valence-electron chi connectivity index (χ2n) is 7.03.